The molecular formula is C8H7NOS. The van der Waals surface area contributed by atoms with Gasteiger partial charge in [-0.15, -0.1) is 0 Å². The van der Waals surface area contributed by atoms with Crippen LogP contribution in [0.25, 0.3) is 0 Å². The van der Waals surface area contributed by atoms with E-state index >= 15 is 0 Å². The molecule has 0 saturated heterocycles. The van der Waals surface area contributed by atoms with Crippen molar-refractivity contribution in [3.05, 3.63) is 24.3 Å². The summed E-state index contributed by atoms with van der Waals surface area (Å²) in [7, 11) is 0. The second-order valence-corrected chi connectivity index (χ2v) is 3.41. The molecule has 0 aliphatic carbocycles. The fourth-order valence-corrected chi connectivity index (χ4v) is 1.75. The summed E-state index contributed by atoms with van der Waals surface area (Å²) < 4.78 is 0. The summed E-state index contributed by atoms with van der Waals surface area (Å²) in [5, 5.41) is 9.17. The van der Waals surface area contributed by atoms with E-state index in [4.69, 9.17) is 5.11 Å². The molecule has 0 bridgehead atoms. The molecule has 0 aromatic heterocycles. The summed E-state index contributed by atoms with van der Waals surface area (Å²) in [6, 6.07) is 7.78. The molecule has 1 aromatic carbocycles. The molecule has 3 heteroatoms. The van der Waals surface area contributed by atoms with E-state index in [2.05, 4.69) is 4.99 Å². The molecule has 1 unspecified atom stereocenters. The van der Waals surface area contributed by atoms with Gasteiger partial charge in [-0.2, -0.15) is 0 Å². The van der Waals surface area contributed by atoms with Crippen molar-refractivity contribution in [3.8, 4) is 0 Å². The fraction of sp³-hybridized carbons (Fsp3) is 0.125. The van der Waals surface area contributed by atoms with Gasteiger partial charge in [0.05, 0.1) is 5.69 Å². The van der Waals surface area contributed by atoms with Gasteiger partial charge in [0.2, 0.25) is 0 Å². The Morgan fingerprint density at radius 1 is 1.36 bits per heavy atom. The number of thioether (sulfide) groups is 1. The van der Waals surface area contributed by atoms with E-state index in [0.717, 1.165) is 10.6 Å². The number of fused-ring (bicyclic) bond motifs is 1. The first kappa shape index (κ1) is 6.88. The van der Waals surface area contributed by atoms with Gasteiger partial charge in [0.15, 0.2) is 0 Å². The molecule has 1 aromatic rings. The molecule has 2 rings (SSSR count). The predicted octanol–water partition coefficient (Wildman–Crippen LogP) is 1.81. The van der Waals surface area contributed by atoms with Gasteiger partial charge >= 0.3 is 0 Å². The van der Waals surface area contributed by atoms with Crippen LogP contribution < -0.4 is 0 Å². The molecule has 1 heterocycles. The lowest BCUT2D eigenvalue weighted by atomic mass is 10.3. The van der Waals surface area contributed by atoms with Crippen LogP contribution >= 0.6 is 11.8 Å². The van der Waals surface area contributed by atoms with Gasteiger partial charge in [0, 0.05) is 11.1 Å². The van der Waals surface area contributed by atoms with E-state index in [1.165, 1.54) is 11.8 Å². The maximum Gasteiger partial charge on any atom is 0.139 e. The van der Waals surface area contributed by atoms with Crippen molar-refractivity contribution in [3.63, 3.8) is 0 Å². The molecule has 0 radical (unpaired) electrons. The number of benzene rings is 1. The van der Waals surface area contributed by atoms with Crippen LogP contribution in [0.5, 0.6) is 0 Å². The number of nitrogens with zero attached hydrogens (tertiary/aromatic N) is 1. The van der Waals surface area contributed by atoms with Gasteiger partial charge in [-0.3, -0.25) is 4.99 Å². The lowest BCUT2D eigenvalue weighted by Gasteiger charge is -2.12. The molecule has 0 saturated carbocycles. The Morgan fingerprint density at radius 2 is 2.18 bits per heavy atom. The predicted molar refractivity (Wildman–Crippen MR) is 46.5 cm³/mol. The summed E-state index contributed by atoms with van der Waals surface area (Å²) in [6.45, 7) is 0. The van der Waals surface area contributed by atoms with Crippen LogP contribution in [0.3, 0.4) is 0 Å². The second-order valence-electron chi connectivity index (χ2n) is 2.25. The third-order valence-corrected chi connectivity index (χ3v) is 2.42. The number of hydrogen-bond donors (Lipinski definition) is 1. The first-order valence-corrected chi connectivity index (χ1v) is 4.22. The Morgan fingerprint density at radius 3 is 3.09 bits per heavy atom. The molecule has 1 atom stereocenters. The van der Waals surface area contributed by atoms with Gasteiger partial charge in [0.1, 0.15) is 5.44 Å². The number of para-hydroxylation sites is 1. The Hall–Kier alpha value is -0.800. The van der Waals surface area contributed by atoms with E-state index in [0.29, 0.717) is 0 Å². The van der Waals surface area contributed by atoms with E-state index in [-0.39, 0.29) is 0 Å². The van der Waals surface area contributed by atoms with Crippen LogP contribution in [-0.4, -0.2) is 16.8 Å². The molecule has 1 N–H and O–H groups in total. The fourth-order valence-electron chi connectivity index (χ4n) is 0.968. The zero-order chi connectivity index (χ0) is 7.68. The topological polar surface area (TPSA) is 32.6 Å². The highest BCUT2D eigenvalue weighted by Crippen LogP contribution is 2.34. The van der Waals surface area contributed by atoms with Crippen LogP contribution in [0.2, 0.25) is 0 Å². The highest BCUT2D eigenvalue weighted by atomic mass is 32.2. The number of aliphatic hydroxyl groups is 1. The van der Waals surface area contributed by atoms with Crippen molar-refractivity contribution in [2.45, 2.75) is 10.3 Å². The third-order valence-electron chi connectivity index (χ3n) is 1.45. The minimum atomic E-state index is -0.482. The smallest absolute Gasteiger partial charge is 0.139 e. The molecule has 0 fully saturated rings. The third kappa shape index (κ3) is 1.29. The number of aliphatic hydroxyl groups excluding tert-OH is 1. The quantitative estimate of drug-likeness (QED) is 0.636. The Kier molecular flexibility index (Phi) is 1.68. The standard InChI is InChI=1S/C8H7NOS/c10-8-5-9-6-3-1-2-4-7(6)11-8/h1-5,8,10H. The molecule has 0 spiro atoms. The first-order chi connectivity index (χ1) is 5.36. The second kappa shape index (κ2) is 2.68. The molecule has 2 nitrogen and oxygen atoms in total. The lowest BCUT2D eigenvalue weighted by Crippen LogP contribution is -2.04. The van der Waals surface area contributed by atoms with Crippen molar-refractivity contribution in [2.75, 3.05) is 0 Å². The van der Waals surface area contributed by atoms with Crippen molar-refractivity contribution >= 4 is 23.7 Å². The molecule has 1 aliphatic rings. The van der Waals surface area contributed by atoms with E-state index in [1.54, 1.807) is 6.21 Å². The van der Waals surface area contributed by atoms with Crippen LogP contribution in [0.15, 0.2) is 34.2 Å². The van der Waals surface area contributed by atoms with Crippen molar-refractivity contribution in [1.82, 2.24) is 0 Å². The van der Waals surface area contributed by atoms with Gasteiger partial charge < -0.3 is 5.11 Å². The van der Waals surface area contributed by atoms with Gasteiger partial charge in [0.25, 0.3) is 0 Å². The number of hydrogen-bond acceptors (Lipinski definition) is 3. The zero-order valence-corrected chi connectivity index (χ0v) is 6.58. The van der Waals surface area contributed by atoms with Crippen LogP contribution in [0.4, 0.5) is 5.69 Å². The Bertz CT molecular complexity index is 298. The summed E-state index contributed by atoms with van der Waals surface area (Å²) in [5.74, 6) is 0. The Labute approximate surface area is 69.0 Å². The van der Waals surface area contributed by atoms with Gasteiger partial charge in [-0.05, 0) is 12.1 Å². The maximum atomic E-state index is 9.17. The molecule has 0 amide bonds. The average Bonchev–Trinajstić information content (AvgIpc) is 2.04. The van der Waals surface area contributed by atoms with Crippen LogP contribution in [-0.2, 0) is 0 Å². The normalized spacial score (nSPS) is 21.4. The van der Waals surface area contributed by atoms with Crippen LogP contribution in [0, 0.1) is 0 Å². The van der Waals surface area contributed by atoms with E-state index in [9.17, 15) is 0 Å². The summed E-state index contributed by atoms with van der Waals surface area (Å²) in [6.07, 6.45) is 1.55. The van der Waals surface area contributed by atoms with E-state index < -0.39 is 5.44 Å². The average molecular weight is 165 g/mol. The first-order valence-electron chi connectivity index (χ1n) is 3.34. The molecule has 56 valence electrons. The monoisotopic (exact) mass is 165 g/mol. The Balaban J connectivity index is 2.46. The molecular weight excluding hydrogens is 158 g/mol. The molecule has 11 heavy (non-hydrogen) atoms. The van der Waals surface area contributed by atoms with Crippen molar-refractivity contribution in [2.24, 2.45) is 4.99 Å². The lowest BCUT2D eigenvalue weighted by molar-refractivity contribution is 0.330. The highest BCUT2D eigenvalue weighted by molar-refractivity contribution is 8.00. The van der Waals surface area contributed by atoms with Crippen molar-refractivity contribution in [1.29, 1.82) is 0 Å². The minimum Gasteiger partial charge on any atom is -0.377 e. The largest absolute Gasteiger partial charge is 0.377 e. The summed E-state index contributed by atoms with van der Waals surface area (Å²) in [4.78, 5) is 5.12. The van der Waals surface area contributed by atoms with E-state index in [1.807, 2.05) is 24.3 Å². The molecule has 1 aliphatic heterocycles. The maximum absolute atomic E-state index is 9.17. The van der Waals surface area contributed by atoms with Crippen molar-refractivity contribution < 1.29 is 5.11 Å². The highest BCUT2D eigenvalue weighted by Gasteiger charge is 2.11. The summed E-state index contributed by atoms with van der Waals surface area (Å²) in [5.41, 5.74) is 0.465. The van der Waals surface area contributed by atoms with Gasteiger partial charge in [-0.1, -0.05) is 23.9 Å². The van der Waals surface area contributed by atoms with Gasteiger partial charge in [-0.25, -0.2) is 0 Å². The van der Waals surface area contributed by atoms with Crippen LogP contribution in [0.1, 0.15) is 0 Å². The zero-order valence-electron chi connectivity index (χ0n) is 5.77. The minimum absolute atomic E-state index is 0.482. The SMILES string of the molecule is OC1C=Nc2ccccc2S1. The number of aliphatic imine (C=N–C) groups is 1. The number of rotatable bonds is 0. The summed E-state index contributed by atoms with van der Waals surface area (Å²) >= 11 is 1.42.